The molecular formula is C19H23N5O3. The number of rotatable bonds is 7. The van der Waals surface area contributed by atoms with Gasteiger partial charge in [-0.25, -0.2) is 4.79 Å². The molecule has 0 fully saturated rings. The van der Waals surface area contributed by atoms with Crippen LogP contribution in [0.25, 0.3) is 0 Å². The Morgan fingerprint density at radius 2 is 1.89 bits per heavy atom. The number of H-pyrrole nitrogens is 1. The van der Waals surface area contributed by atoms with E-state index in [0.717, 1.165) is 6.42 Å². The van der Waals surface area contributed by atoms with Gasteiger partial charge in [0, 0.05) is 18.7 Å². The predicted octanol–water partition coefficient (Wildman–Crippen LogP) is 1.85. The van der Waals surface area contributed by atoms with Gasteiger partial charge in [0.25, 0.3) is 11.5 Å². The quantitative estimate of drug-likeness (QED) is 0.770. The Morgan fingerprint density at radius 3 is 2.44 bits per heavy atom. The van der Waals surface area contributed by atoms with Gasteiger partial charge in [-0.2, -0.15) is 5.26 Å². The molecule has 0 saturated heterocycles. The molecule has 1 aromatic heterocycles. The first-order valence-corrected chi connectivity index (χ1v) is 8.89. The lowest BCUT2D eigenvalue weighted by molar-refractivity contribution is 0.0986. The van der Waals surface area contributed by atoms with Crippen molar-refractivity contribution in [1.82, 2.24) is 9.55 Å². The molecule has 8 nitrogen and oxygen atoms in total. The molecule has 0 aliphatic rings. The largest absolute Gasteiger partial charge is 0.383 e. The zero-order chi connectivity index (χ0) is 20.0. The second-order valence-electron chi connectivity index (χ2n) is 6.14. The van der Waals surface area contributed by atoms with Gasteiger partial charge in [-0.15, -0.1) is 0 Å². The number of nitrogens with one attached hydrogen (secondary N) is 1. The summed E-state index contributed by atoms with van der Waals surface area (Å²) in [5, 5.41) is 8.90. The Bertz CT molecular complexity index is 967. The maximum atomic E-state index is 13.0. The fourth-order valence-electron chi connectivity index (χ4n) is 2.76. The van der Waals surface area contributed by atoms with Crippen molar-refractivity contribution in [1.29, 1.82) is 5.26 Å². The average molecular weight is 369 g/mol. The van der Waals surface area contributed by atoms with Crippen LogP contribution in [0.2, 0.25) is 0 Å². The maximum absolute atomic E-state index is 13.0. The smallest absolute Gasteiger partial charge is 0.330 e. The van der Waals surface area contributed by atoms with Crippen molar-refractivity contribution in [2.45, 2.75) is 39.7 Å². The summed E-state index contributed by atoms with van der Waals surface area (Å²) in [5.74, 6) is -0.438. The topological polar surface area (TPSA) is 125 Å². The molecule has 8 heteroatoms. The summed E-state index contributed by atoms with van der Waals surface area (Å²) in [4.78, 5) is 41.1. The van der Waals surface area contributed by atoms with Gasteiger partial charge in [0.15, 0.2) is 5.69 Å². The third kappa shape index (κ3) is 4.26. The van der Waals surface area contributed by atoms with E-state index in [-0.39, 0.29) is 18.1 Å². The predicted molar refractivity (Wildman–Crippen MR) is 104 cm³/mol. The lowest BCUT2D eigenvalue weighted by Gasteiger charge is -2.24. The molecule has 3 N–H and O–H groups in total. The fraction of sp³-hybridized carbons (Fsp3) is 0.368. The zero-order valence-corrected chi connectivity index (χ0v) is 15.5. The highest BCUT2D eigenvalue weighted by molar-refractivity contribution is 6.07. The van der Waals surface area contributed by atoms with Gasteiger partial charge in [0.2, 0.25) is 0 Å². The van der Waals surface area contributed by atoms with E-state index in [1.807, 2.05) is 19.9 Å². The van der Waals surface area contributed by atoms with Crippen LogP contribution in [0.4, 0.5) is 11.5 Å². The Labute approximate surface area is 156 Å². The third-order valence-corrected chi connectivity index (χ3v) is 4.17. The number of amides is 1. The minimum absolute atomic E-state index is 0.0207. The molecule has 0 spiro atoms. The van der Waals surface area contributed by atoms with Gasteiger partial charge in [-0.05, 0) is 37.1 Å². The minimum atomic E-state index is -0.694. The van der Waals surface area contributed by atoms with Crippen molar-refractivity contribution in [2.24, 2.45) is 0 Å². The minimum Gasteiger partial charge on any atom is -0.383 e. The molecule has 0 aliphatic heterocycles. The molecule has 0 atom stereocenters. The number of carbonyl (C=O) groups is 1. The van der Waals surface area contributed by atoms with Crippen LogP contribution >= 0.6 is 0 Å². The SMILES string of the molecule is CCCCn1c(N)c(N(CCC)C(=O)c2ccc(C#N)cc2)c(=O)[nH]c1=O. The van der Waals surface area contributed by atoms with E-state index in [2.05, 4.69) is 4.98 Å². The van der Waals surface area contributed by atoms with Gasteiger partial charge in [0.05, 0.1) is 11.6 Å². The van der Waals surface area contributed by atoms with Gasteiger partial charge in [0.1, 0.15) is 5.82 Å². The van der Waals surface area contributed by atoms with Crippen LogP contribution < -0.4 is 21.9 Å². The zero-order valence-electron chi connectivity index (χ0n) is 15.5. The molecule has 0 unspecified atom stereocenters. The number of aromatic amines is 1. The highest BCUT2D eigenvalue weighted by Crippen LogP contribution is 2.20. The molecule has 142 valence electrons. The number of nitrogens with two attached hydrogens (primary N) is 1. The monoisotopic (exact) mass is 369 g/mol. The lowest BCUT2D eigenvalue weighted by Crippen LogP contribution is -2.41. The number of hydrogen-bond acceptors (Lipinski definition) is 5. The van der Waals surface area contributed by atoms with Crippen LogP contribution in [0.15, 0.2) is 33.9 Å². The van der Waals surface area contributed by atoms with E-state index >= 15 is 0 Å². The summed E-state index contributed by atoms with van der Waals surface area (Å²) in [5.41, 5.74) is 5.57. The van der Waals surface area contributed by atoms with Crippen molar-refractivity contribution in [2.75, 3.05) is 17.2 Å². The maximum Gasteiger partial charge on any atom is 0.330 e. The molecule has 2 aromatic rings. The Morgan fingerprint density at radius 1 is 1.22 bits per heavy atom. The normalized spacial score (nSPS) is 10.4. The highest BCUT2D eigenvalue weighted by atomic mass is 16.2. The van der Waals surface area contributed by atoms with Crippen LogP contribution in [-0.4, -0.2) is 22.0 Å². The molecule has 0 saturated carbocycles. The molecule has 1 aromatic carbocycles. The van der Waals surface area contributed by atoms with E-state index in [4.69, 9.17) is 11.0 Å². The first kappa shape index (κ1) is 20.0. The number of nitriles is 1. The molecule has 1 amide bonds. The Kier molecular flexibility index (Phi) is 6.55. The van der Waals surface area contributed by atoms with Crippen LogP contribution in [0.5, 0.6) is 0 Å². The van der Waals surface area contributed by atoms with Crippen LogP contribution in [0, 0.1) is 11.3 Å². The first-order valence-electron chi connectivity index (χ1n) is 8.89. The van der Waals surface area contributed by atoms with Crippen LogP contribution in [0.3, 0.4) is 0 Å². The third-order valence-electron chi connectivity index (χ3n) is 4.17. The molecular weight excluding hydrogens is 346 g/mol. The van der Waals surface area contributed by atoms with E-state index in [0.29, 0.717) is 30.5 Å². The summed E-state index contributed by atoms with van der Waals surface area (Å²) in [6, 6.07) is 8.12. The second kappa shape index (κ2) is 8.85. The standard InChI is InChI=1S/C19H23N5O3/c1-3-5-11-24-16(21)15(17(25)22-19(24)27)23(10-4-2)18(26)14-8-6-13(12-20)7-9-14/h6-9H,3-5,10-11,21H2,1-2H3,(H,22,25,27). The summed E-state index contributed by atoms with van der Waals surface area (Å²) in [7, 11) is 0. The van der Waals surface area contributed by atoms with Crippen molar-refractivity contribution in [3.05, 3.63) is 56.2 Å². The Balaban J connectivity index is 2.55. The van der Waals surface area contributed by atoms with Gasteiger partial charge >= 0.3 is 5.69 Å². The number of nitrogens with zero attached hydrogens (tertiary/aromatic N) is 3. The van der Waals surface area contributed by atoms with Crippen LogP contribution in [-0.2, 0) is 6.54 Å². The summed E-state index contributed by atoms with van der Waals surface area (Å²) in [6.45, 7) is 4.47. The molecule has 1 heterocycles. The number of unbranched alkanes of at least 4 members (excludes halogenated alkanes) is 1. The number of benzene rings is 1. The number of hydrogen-bond donors (Lipinski definition) is 2. The molecule has 0 radical (unpaired) electrons. The lowest BCUT2D eigenvalue weighted by atomic mass is 10.1. The van der Waals surface area contributed by atoms with E-state index in [1.165, 1.54) is 33.7 Å². The van der Waals surface area contributed by atoms with Crippen molar-refractivity contribution in [3.8, 4) is 6.07 Å². The Hall–Kier alpha value is -3.34. The fourth-order valence-corrected chi connectivity index (χ4v) is 2.76. The van der Waals surface area contributed by atoms with Crippen molar-refractivity contribution < 1.29 is 4.79 Å². The highest BCUT2D eigenvalue weighted by Gasteiger charge is 2.24. The average Bonchev–Trinajstić information content (AvgIpc) is 2.66. The first-order chi connectivity index (χ1) is 12.9. The summed E-state index contributed by atoms with van der Waals surface area (Å²) < 4.78 is 1.29. The molecule has 0 bridgehead atoms. The number of aromatic nitrogens is 2. The van der Waals surface area contributed by atoms with Crippen molar-refractivity contribution in [3.63, 3.8) is 0 Å². The molecule has 27 heavy (non-hydrogen) atoms. The van der Waals surface area contributed by atoms with E-state index < -0.39 is 17.2 Å². The van der Waals surface area contributed by atoms with Gasteiger partial charge < -0.3 is 10.6 Å². The summed E-state index contributed by atoms with van der Waals surface area (Å²) >= 11 is 0. The van der Waals surface area contributed by atoms with Gasteiger partial charge in [-0.1, -0.05) is 20.3 Å². The second-order valence-corrected chi connectivity index (χ2v) is 6.14. The number of nitrogen functional groups attached to an aromatic ring is 1. The van der Waals surface area contributed by atoms with Crippen molar-refractivity contribution >= 4 is 17.4 Å². The van der Waals surface area contributed by atoms with E-state index in [1.54, 1.807) is 0 Å². The summed E-state index contributed by atoms with van der Waals surface area (Å²) in [6.07, 6.45) is 2.16. The molecule has 0 aliphatic carbocycles. The number of carbonyl (C=O) groups excluding carboxylic acids is 1. The van der Waals surface area contributed by atoms with E-state index in [9.17, 15) is 14.4 Å². The van der Waals surface area contributed by atoms with Crippen LogP contribution in [0.1, 0.15) is 49.0 Å². The van der Waals surface area contributed by atoms with Gasteiger partial charge in [-0.3, -0.25) is 19.1 Å². The number of anilines is 2. The molecule has 2 rings (SSSR count).